The number of rotatable bonds is 6. The van der Waals surface area contributed by atoms with Crippen LogP contribution in [0.2, 0.25) is 0 Å². The van der Waals surface area contributed by atoms with E-state index in [-0.39, 0.29) is 11.4 Å². The monoisotopic (exact) mass is 347 g/mol. The Labute approximate surface area is 152 Å². The van der Waals surface area contributed by atoms with E-state index < -0.39 is 0 Å². The van der Waals surface area contributed by atoms with Crippen molar-refractivity contribution in [1.29, 1.82) is 0 Å². The molecule has 1 unspecified atom stereocenters. The number of hydrogen-bond acceptors (Lipinski definition) is 2. The largest absolute Gasteiger partial charge is 0.375 e. The van der Waals surface area contributed by atoms with Gasteiger partial charge in [-0.25, -0.2) is 4.39 Å². The summed E-state index contributed by atoms with van der Waals surface area (Å²) in [5, 5.41) is 3.80. The molecule has 0 aromatic heterocycles. The third-order valence-electron chi connectivity index (χ3n) is 6.19. The van der Waals surface area contributed by atoms with E-state index in [2.05, 4.69) is 19.2 Å². The van der Waals surface area contributed by atoms with Crippen LogP contribution in [0.5, 0.6) is 0 Å². The van der Waals surface area contributed by atoms with Crippen molar-refractivity contribution < 1.29 is 9.13 Å². The van der Waals surface area contributed by atoms with E-state index >= 15 is 0 Å². The lowest BCUT2D eigenvalue weighted by atomic mass is 9.68. The van der Waals surface area contributed by atoms with Crippen molar-refractivity contribution in [3.8, 4) is 0 Å². The molecule has 140 valence electrons. The Hall–Kier alpha value is -0.930. The molecule has 0 spiro atoms. The van der Waals surface area contributed by atoms with Gasteiger partial charge in [0.25, 0.3) is 0 Å². The first-order valence-corrected chi connectivity index (χ1v) is 10.1. The Kier molecular flexibility index (Phi) is 6.17. The first kappa shape index (κ1) is 18.8. The van der Waals surface area contributed by atoms with E-state index in [4.69, 9.17) is 4.74 Å². The summed E-state index contributed by atoms with van der Waals surface area (Å²) < 4.78 is 19.0. The Morgan fingerprint density at radius 1 is 1.12 bits per heavy atom. The van der Waals surface area contributed by atoms with Crippen molar-refractivity contribution in [3.63, 3.8) is 0 Å². The number of benzene rings is 1. The van der Waals surface area contributed by atoms with Crippen LogP contribution < -0.4 is 5.32 Å². The molecule has 1 aromatic carbocycles. The highest BCUT2D eigenvalue weighted by Gasteiger charge is 2.33. The fraction of sp³-hybridized carbons (Fsp3) is 0.727. The summed E-state index contributed by atoms with van der Waals surface area (Å²) in [5.74, 6) is -0.134. The van der Waals surface area contributed by atoms with Crippen LogP contribution in [0.4, 0.5) is 4.39 Å². The van der Waals surface area contributed by atoms with E-state index in [1.165, 1.54) is 44.1 Å². The second kappa shape index (κ2) is 8.18. The van der Waals surface area contributed by atoms with Crippen molar-refractivity contribution >= 4 is 0 Å². The summed E-state index contributed by atoms with van der Waals surface area (Å²) in [7, 11) is 0. The van der Waals surface area contributed by atoms with Gasteiger partial charge in [0.1, 0.15) is 5.82 Å². The lowest BCUT2D eigenvalue weighted by Crippen LogP contribution is -2.44. The van der Waals surface area contributed by atoms with Crippen LogP contribution in [0.15, 0.2) is 24.3 Å². The molecule has 1 saturated heterocycles. The number of ether oxygens (including phenoxy) is 1. The zero-order chi connectivity index (χ0) is 17.8. The fourth-order valence-electron chi connectivity index (χ4n) is 4.80. The van der Waals surface area contributed by atoms with E-state index in [0.29, 0.717) is 11.5 Å². The zero-order valence-electron chi connectivity index (χ0n) is 16.0. The van der Waals surface area contributed by atoms with Gasteiger partial charge in [-0.05, 0) is 82.0 Å². The van der Waals surface area contributed by atoms with E-state index in [9.17, 15) is 4.39 Å². The molecule has 1 aliphatic carbocycles. The average Bonchev–Trinajstić information content (AvgIpc) is 2.57. The molecule has 3 rings (SSSR count). The van der Waals surface area contributed by atoms with Gasteiger partial charge in [0.2, 0.25) is 0 Å². The molecular weight excluding hydrogens is 313 g/mol. The van der Waals surface area contributed by atoms with Crippen LogP contribution in [0, 0.1) is 11.2 Å². The van der Waals surface area contributed by atoms with Gasteiger partial charge in [-0.3, -0.25) is 0 Å². The minimum atomic E-state index is -0.134. The van der Waals surface area contributed by atoms with Crippen LogP contribution >= 0.6 is 0 Å². The Morgan fingerprint density at radius 2 is 1.84 bits per heavy atom. The summed E-state index contributed by atoms with van der Waals surface area (Å²) in [6.07, 6.45) is 11.2. The van der Waals surface area contributed by atoms with Crippen LogP contribution in [-0.4, -0.2) is 24.8 Å². The molecule has 0 amide bonds. The quantitative estimate of drug-likeness (QED) is 0.758. The summed E-state index contributed by atoms with van der Waals surface area (Å²) in [5.41, 5.74) is 1.69. The molecule has 3 heteroatoms. The van der Waals surface area contributed by atoms with E-state index in [1.54, 1.807) is 12.1 Å². The number of hydrogen-bond donors (Lipinski definition) is 1. The molecule has 1 atom stereocenters. The summed E-state index contributed by atoms with van der Waals surface area (Å²) >= 11 is 0. The molecule has 1 N–H and O–H groups in total. The van der Waals surface area contributed by atoms with Gasteiger partial charge in [0, 0.05) is 12.6 Å². The van der Waals surface area contributed by atoms with Crippen molar-refractivity contribution in [1.82, 2.24) is 5.32 Å². The summed E-state index contributed by atoms with van der Waals surface area (Å²) in [6, 6.07) is 7.73. The molecule has 1 saturated carbocycles. The molecule has 0 bridgehead atoms. The second-order valence-electron chi connectivity index (χ2n) is 8.87. The van der Waals surface area contributed by atoms with Crippen LogP contribution in [-0.2, 0) is 11.2 Å². The van der Waals surface area contributed by atoms with E-state index in [0.717, 1.165) is 32.4 Å². The maximum Gasteiger partial charge on any atom is 0.123 e. The number of nitrogens with one attached hydrogen (secondary N) is 1. The molecule has 0 radical (unpaired) electrons. The maximum absolute atomic E-state index is 13.2. The Morgan fingerprint density at radius 3 is 2.52 bits per heavy atom. The molecular formula is C22H34FNO. The van der Waals surface area contributed by atoms with Gasteiger partial charge in [0.05, 0.1) is 5.60 Å². The molecule has 25 heavy (non-hydrogen) atoms. The topological polar surface area (TPSA) is 21.3 Å². The molecule has 1 aliphatic heterocycles. The van der Waals surface area contributed by atoms with Gasteiger partial charge in [-0.2, -0.15) is 0 Å². The maximum atomic E-state index is 13.2. The molecule has 2 nitrogen and oxygen atoms in total. The highest BCUT2D eigenvalue weighted by molar-refractivity contribution is 5.18. The van der Waals surface area contributed by atoms with Crippen LogP contribution in [0.25, 0.3) is 0 Å². The third kappa shape index (κ3) is 5.52. The predicted molar refractivity (Wildman–Crippen MR) is 101 cm³/mol. The first-order valence-electron chi connectivity index (χ1n) is 10.1. The lowest BCUT2D eigenvalue weighted by molar-refractivity contribution is -0.0631. The summed E-state index contributed by atoms with van der Waals surface area (Å²) in [4.78, 5) is 0. The highest BCUT2D eigenvalue weighted by atomic mass is 19.1. The van der Waals surface area contributed by atoms with Gasteiger partial charge < -0.3 is 10.1 Å². The predicted octanol–water partition coefficient (Wildman–Crippen LogP) is 5.26. The van der Waals surface area contributed by atoms with Gasteiger partial charge in [0.15, 0.2) is 0 Å². The minimum Gasteiger partial charge on any atom is -0.375 e. The molecule has 1 aromatic rings. The van der Waals surface area contributed by atoms with Crippen molar-refractivity contribution in [2.24, 2.45) is 5.41 Å². The fourth-order valence-corrected chi connectivity index (χ4v) is 4.80. The van der Waals surface area contributed by atoms with Crippen molar-refractivity contribution in [2.45, 2.75) is 83.3 Å². The van der Waals surface area contributed by atoms with E-state index in [1.807, 2.05) is 12.1 Å². The van der Waals surface area contributed by atoms with Gasteiger partial charge >= 0.3 is 0 Å². The standard InChI is InChI=1S/C22H34FNO/c1-21(2)17-20(10-15-25-21)24-14-13-22(11-4-3-5-12-22)16-18-6-8-19(23)9-7-18/h6-9,20,24H,3-5,10-17H2,1-2H3. The van der Waals surface area contributed by atoms with Crippen LogP contribution in [0.1, 0.15) is 70.8 Å². The van der Waals surface area contributed by atoms with Gasteiger partial charge in [-0.1, -0.05) is 31.4 Å². The zero-order valence-corrected chi connectivity index (χ0v) is 16.0. The highest BCUT2D eigenvalue weighted by Crippen LogP contribution is 2.42. The normalized spacial score (nSPS) is 25.6. The minimum absolute atomic E-state index is 0.00650. The molecule has 2 aliphatic rings. The van der Waals surface area contributed by atoms with Crippen molar-refractivity contribution in [3.05, 3.63) is 35.6 Å². The van der Waals surface area contributed by atoms with Crippen LogP contribution in [0.3, 0.4) is 0 Å². The first-order chi connectivity index (χ1) is 12.0. The number of halogens is 1. The molecule has 1 heterocycles. The Balaban J connectivity index is 1.56. The smallest absolute Gasteiger partial charge is 0.123 e. The lowest BCUT2D eigenvalue weighted by Gasteiger charge is -2.40. The third-order valence-corrected chi connectivity index (χ3v) is 6.19. The SMILES string of the molecule is CC1(C)CC(NCCC2(Cc3ccc(F)cc3)CCCCC2)CCO1. The van der Waals surface area contributed by atoms with Crippen molar-refractivity contribution in [2.75, 3.05) is 13.2 Å². The summed E-state index contributed by atoms with van der Waals surface area (Å²) in [6.45, 7) is 6.34. The molecule has 2 fully saturated rings. The second-order valence-corrected chi connectivity index (χ2v) is 8.87. The average molecular weight is 348 g/mol. The Bertz CT molecular complexity index is 533. The van der Waals surface area contributed by atoms with Gasteiger partial charge in [-0.15, -0.1) is 0 Å².